The highest BCUT2D eigenvalue weighted by molar-refractivity contribution is 5.93. The van der Waals surface area contributed by atoms with Gasteiger partial charge in [-0.15, -0.1) is 0 Å². The summed E-state index contributed by atoms with van der Waals surface area (Å²) in [4.78, 5) is 12.3. The lowest BCUT2D eigenvalue weighted by molar-refractivity contribution is -0.115. The van der Waals surface area contributed by atoms with Crippen LogP contribution in [-0.4, -0.2) is 20.1 Å². The lowest BCUT2D eigenvalue weighted by Crippen LogP contribution is -2.16. The number of carbonyl (C=O) groups excluding carboxylic acids is 1. The number of aryl methyl sites for hydroxylation is 1. The summed E-state index contributed by atoms with van der Waals surface area (Å²) in [6, 6.07) is 11.3. The number of carbonyl (C=O) groups is 1. The number of nitrogens with one attached hydrogen (secondary N) is 1. The van der Waals surface area contributed by atoms with Gasteiger partial charge in [0.05, 0.1) is 20.6 Å². The zero-order valence-electron chi connectivity index (χ0n) is 13.4. The van der Waals surface area contributed by atoms with Crippen LogP contribution in [0.5, 0.6) is 11.5 Å². The monoisotopic (exact) mass is 299 g/mol. The molecule has 0 aromatic heterocycles. The maximum absolute atomic E-state index is 12.3. The fraction of sp³-hybridized carbons (Fsp3) is 0.278. The molecule has 0 aliphatic heterocycles. The standard InChI is InChI=1S/C18H21NO3/c1-12-6-5-7-16(13(12)2)19-18(20)10-14-8-9-15(21-3)11-17(14)22-4/h5-9,11H,10H2,1-4H3,(H,19,20). The van der Waals surface area contributed by atoms with Crippen LogP contribution in [0.3, 0.4) is 0 Å². The highest BCUT2D eigenvalue weighted by Gasteiger charge is 2.11. The molecule has 0 saturated heterocycles. The number of methoxy groups -OCH3 is 2. The van der Waals surface area contributed by atoms with Crippen LogP contribution in [0.15, 0.2) is 36.4 Å². The summed E-state index contributed by atoms with van der Waals surface area (Å²) < 4.78 is 10.5. The van der Waals surface area contributed by atoms with E-state index in [2.05, 4.69) is 5.32 Å². The molecule has 0 spiro atoms. The molecule has 0 fully saturated rings. The number of ether oxygens (including phenoxy) is 2. The van der Waals surface area contributed by atoms with Crippen molar-refractivity contribution < 1.29 is 14.3 Å². The Morgan fingerprint density at radius 2 is 1.86 bits per heavy atom. The average Bonchev–Trinajstić information content (AvgIpc) is 2.52. The lowest BCUT2D eigenvalue weighted by Gasteiger charge is -2.12. The van der Waals surface area contributed by atoms with Crippen LogP contribution in [0.4, 0.5) is 5.69 Å². The maximum Gasteiger partial charge on any atom is 0.228 e. The molecule has 0 atom stereocenters. The lowest BCUT2D eigenvalue weighted by atomic mass is 10.1. The maximum atomic E-state index is 12.3. The molecule has 2 rings (SSSR count). The van der Waals surface area contributed by atoms with Crippen molar-refractivity contribution in [2.45, 2.75) is 20.3 Å². The molecule has 0 bridgehead atoms. The molecule has 0 heterocycles. The third-order valence-electron chi connectivity index (χ3n) is 3.72. The van der Waals surface area contributed by atoms with Crippen molar-refractivity contribution in [2.24, 2.45) is 0 Å². The minimum absolute atomic E-state index is 0.0721. The zero-order chi connectivity index (χ0) is 16.1. The van der Waals surface area contributed by atoms with Crippen LogP contribution in [0.2, 0.25) is 0 Å². The Hall–Kier alpha value is -2.49. The van der Waals surface area contributed by atoms with Gasteiger partial charge in [-0.2, -0.15) is 0 Å². The van der Waals surface area contributed by atoms with E-state index in [1.165, 1.54) is 0 Å². The molecule has 4 heteroatoms. The summed E-state index contributed by atoms with van der Waals surface area (Å²) in [5.74, 6) is 1.28. The van der Waals surface area contributed by atoms with Gasteiger partial charge in [-0.1, -0.05) is 18.2 Å². The topological polar surface area (TPSA) is 47.6 Å². The van der Waals surface area contributed by atoms with E-state index in [0.717, 1.165) is 22.4 Å². The van der Waals surface area contributed by atoms with Gasteiger partial charge >= 0.3 is 0 Å². The SMILES string of the molecule is COc1ccc(CC(=O)Nc2cccc(C)c2C)c(OC)c1. The van der Waals surface area contributed by atoms with Crippen molar-refractivity contribution in [1.82, 2.24) is 0 Å². The second kappa shape index (κ2) is 6.98. The molecule has 22 heavy (non-hydrogen) atoms. The Balaban J connectivity index is 2.14. The summed E-state index contributed by atoms with van der Waals surface area (Å²) >= 11 is 0. The van der Waals surface area contributed by atoms with Crippen molar-refractivity contribution in [2.75, 3.05) is 19.5 Å². The molecule has 0 radical (unpaired) electrons. The predicted molar refractivity (Wildman–Crippen MR) is 87.8 cm³/mol. The molecule has 0 saturated carbocycles. The minimum atomic E-state index is -0.0721. The van der Waals surface area contributed by atoms with Crippen molar-refractivity contribution in [1.29, 1.82) is 0 Å². The summed E-state index contributed by atoms with van der Waals surface area (Å²) in [5, 5.41) is 2.95. The molecule has 0 aliphatic rings. The Kier molecular flexibility index (Phi) is 5.04. The first-order valence-corrected chi connectivity index (χ1v) is 7.12. The normalized spacial score (nSPS) is 10.2. The van der Waals surface area contributed by atoms with Crippen molar-refractivity contribution >= 4 is 11.6 Å². The Bertz CT molecular complexity index is 680. The molecular formula is C18H21NO3. The molecule has 1 N–H and O–H groups in total. The van der Waals surface area contributed by atoms with Crippen molar-refractivity contribution in [3.05, 3.63) is 53.1 Å². The van der Waals surface area contributed by atoms with Gasteiger partial charge in [0.15, 0.2) is 0 Å². The molecule has 4 nitrogen and oxygen atoms in total. The summed E-state index contributed by atoms with van der Waals surface area (Å²) in [6.45, 7) is 4.02. The van der Waals surface area contributed by atoms with E-state index in [4.69, 9.17) is 9.47 Å². The van der Waals surface area contributed by atoms with Gasteiger partial charge in [0, 0.05) is 17.3 Å². The predicted octanol–water partition coefficient (Wildman–Crippen LogP) is 3.50. The van der Waals surface area contributed by atoms with E-state index < -0.39 is 0 Å². The highest BCUT2D eigenvalue weighted by Crippen LogP contribution is 2.25. The van der Waals surface area contributed by atoms with Gasteiger partial charge in [-0.3, -0.25) is 4.79 Å². The molecule has 2 aromatic rings. The van der Waals surface area contributed by atoms with E-state index in [1.807, 2.05) is 44.2 Å². The number of rotatable bonds is 5. The zero-order valence-corrected chi connectivity index (χ0v) is 13.4. The molecule has 116 valence electrons. The second-order valence-corrected chi connectivity index (χ2v) is 5.15. The highest BCUT2D eigenvalue weighted by atomic mass is 16.5. The van der Waals surface area contributed by atoms with E-state index in [-0.39, 0.29) is 12.3 Å². The minimum Gasteiger partial charge on any atom is -0.497 e. The van der Waals surface area contributed by atoms with E-state index >= 15 is 0 Å². The van der Waals surface area contributed by atoms with Crippen molar-refractivity contribution in [3.8, 4) is 11.5 Å². The van der Waals surface area contributed by atoms with E-state index in [1.54, 1.807) is 20.3 Å². The average molecular weight is 299 g/mol. The van der Waals surface area contributed by atoms with Gasteiger partial charge in [0.1, 0.15) is 11.5 Å². The van der Waals surface area contributed by atoms with Gasteiger partial charge in [0.2, 0.25) is 5.91 Å². The first-order chi connectivity index (χ1) is 10.5. The molecular weight excluding hydrogens is 278 g/mol. The van der Waals surface area contributed by atoms with E-state index in [9.17, 15) is 4.79 Å². The Morgan fingerprint density at radius 3 is 2.55 bits per heavy atom. The number of anilines is 1. The van der Waals surface area contributed by atoms with Gasteiger partial charge in [0.25, 0.3) is 0 Å². The summed E-state index contributed by atoms with van der Waals surface area (Å²) in [5.41, 5.74) is 3.90. The third kappa shape index (κ3) is 3.58. The number of amides is 1. The van der Waals surface area contributed by atoms with Crippen LogP contribution < -0.4 is 14.8 Å². The quantitative estimate of drug-likeness (QED) is 0.919. The number of benzene rings is 2. The van der Waals surface area contributed by atoms with Crippen molar-refractivity contribution in [3.63, 3.8) is 0 Å². The van der Waals surface area contributed by atoms with E-state index in [0.29, 0.717) is 11.5 Å². The summed E-state index contributed by atoms with van der Waals surface area (Å²) in [6.07, 6.45) is 0.251. The third-order valence-corrected chi connectivity index (χ3v) is 3.72. The number of hydrogen-bond donors (Lipinski definition) is 1. The largest absolute Gasteiger partial charge is 0.497 e. The van der Waals surface area contributed by atoms with Gasteiger partial charge in [-0.25, -0.2) is 0 Å². The second-order valence-electron chi connectivity index (χ2n) is 5.15. The Labute approximate surface area is 131 Å². The molecule has 0 unspecified atom stereocenters. The van der Waals surface area contributed by atoms with Crippen LogP contribution in [0.1, 0.15) is 16.7 Å². The Morgan fingerprint density at radius 1 is 1.09 bits per heavy atom. The van der Waals surface area contributed by atoms with Crippen LogP contribution in [0.25, 0.3) is 0 Å². The van der Waals surface area contributed by atoms with Gasteiger partial charge < -0.3 is 14.8 Å². The molecule has 2 aromatic carbocycles. The number of hydrogen-bond acceptors (Lipinski definition) is 3. The smallest absolute Gasteiger partial charge is 0.228 e. The fourth-order valence-corrected chi connectivity index (χ4v) is 2.25. The van der Waals surface area contributed by atoms with Crippen LogP contribution in [-0.2, 0) is 11.2 Å². The first-order valence-electron chi connectivity index (χ1n) is 7.12. The first kappa shape index (κ1) is 15.9. The van der Waals surface area contributed by atoms with Crippen LogP contribution in [0, 0.1) is 13.8 Å². The molecule has 0 aliphatic carbocycles. The van der Waals surface area contributed by atoms with Gasteiger partial charge in [-0.05, 0) is 37.1 Å². The van der Waals surface area contributed by atoms with Crippen LogP contribution >= 0.6 is 0 Å². The molecule has 1 amide bonds. The summed E-state index contributed by atoms with van der Waals surface area (Å²) in [7, 11) is 3.18. The fourth-order valence-electron chi connectivity index (χ4n) is 2.25.